The van der Waals surface area contributed by atoms with Crippen molar-refractivity contribution >= 4 is 17.5 Å². The molecule has 3 heterocycles. The molecule has 0 aliphatic carbocycles. The van der Waals surface area contributed by atoms with Crippen molar-refractivity contribution in [2.45, 2.75) is 19.4 Å². The summed E-state index contributed by atoms with van der Waals surface area (Å²) < 4.78 is 26.7. The van der Waals surface area contributed by atoms with Gasteiger partial charge in [0.05, 0.1) is 6.61 Å². The maximum Gasteiger partial charge on any atom is 0.268 e. The molecule has 1 amide bonds. The number of aromatic nitrogens is 3. The average molecular weight is 418 g/mol. The van der Waals surface area contributed by atoms with Gasteiger partial charge >= 0.3 is 0 Å². The number of hydrogen-bond acceptors (Lipinski definition) is 5. The van der Waals surface area contributed by atoms with Gasteiger partial charge < -0.3 is 9.47 Å². The highest BCUT2D eigenvalue weighted by molar-refractivity contribution is 5.93. The lowest BCUT2D eigenvalue weighted by atomic mass is 10.1. The third-order valence-electron chi connectivity index (χ3n) is 5.06. The lowest BCUT2D eigenvalue weighted by Gasteiger charge is -2.10. The van der Waals surface area contributed by atoms with E-state index in [-0.39, 0.29) is 17.7 Å². The summed E-state index contributed by atoms with van der Waals surface area (Å²) in [7, 11) is 0. The molecular weight excluding hydrogens is 399 g/mol. The molecule has 7 nitrogen and oxygen atoms in total. The zero-order valence-electron chi connectivity index (χ0n) is 16.7. The largest absolute Gasteiger partial charge is 0.493 e. The number of hydrogen-bond donors (Lipinski definition) is 1. The molecule has 2 aromatic carbocycles. The quantitative estimate of drug-likeness (QED) is 0.532. The smallest absolute Gasteiger partial charge is 0.268 e. The van der Waals surface area contributed by atoms with Crippen molar-refractivity contribution < 1.29 is 18.7 Å². The number of benzene rings is 2. The van der Waals surface area contributed by atoms with Crippen molar-refractivity contribution in [3.8, 4) is 22.6 Å². The van der Waals surface area contributed by atoms with E-state index in [0.717, 1.165) is 11.3 Å². The number of carbonyl (C=O) groups is 1. The second-order valence-electron chi connectivity index (χ2n) is 7.14. The van der Waals surface area contributed by atoms with Crippen LogP contribution in [0.3, 0.4) is 0 Å². The Labute approximate surface area is 177 Å². The number of ether oxygens (including phenoxy) is 2. The fraction of sp³-hybridized carbons (Fsp3) is 0.174. The van der Waals surface area contributed by atoms with Gasteiger partial charge in [0.25, 0.3) is 5.91 Å². The van der Waals surface area contributed by atoms with E-state index in [1.807, 2.05) is 37.3 Å². The topological polar surface area (TPSA) is 77.8 Å². The molecule has 0 bridgehead atoms. The zero-order valence-corrected chi connectivity index (χ0v) is 16.7. The Hall–Kier alpha value is -3.94. The van der Waals surface area contributed by atoms with Crippen molar-refractivity contribution in [3.05, 3.63) is 72.2 Å². The summed E-state index contributed by atoms with van der Waals surface area (Å²) in [5, 5.41) is 7.06. The van der Waals surface area contributed by atoms with Crippen molar-refractivity contribution in [1.29, 1.82) is 0 Å². The summed E-state index contributed by atoms with van der Waals surface area (Å²) in [5.74, 6) is 0.801. The summed E-state index contributed by atoms with van der Waals surface area (Å²) in [6.07, 6.45) is 1.59. The van der Waals surface area contributed by atoms with Crippen LogP contribution in [-0.4, -0.2) is 33.2 Å². The first-order valence-electron chi connectivity index (χ1n) is 9.95. The molecule has 0 fully saturated rings. The van der Waals surface area contributed by atoms with Gasteiger partial charge in [-0.2, -0.15) is 4.98 Å². The second-order valence-corrected chi connectivity index (χ2v) is 7.14. The summed E-state index contributed by atoms with van der Waals surface area (Å²) in [6.45, 7) is 2.34. The molecule has 1 atom stereocenters. The molecule has 5 rings (SSSR count). The highest BCUT2D eigenvalue weighted by Gasteiger charge is 2.29. The van der Waals surface area contributed by atoms with Crippen LogP contribution in [0.2, 0.25) is 0 Å². The molecule has 0 saturated heterocycles. The van der Waals surface area contributed by atoms with Crippen LogP contribution in [0.5, 0.6) is 11.5 Å². The SMILES string of the molecule is CCOc1ccc(F)cc1-c1ccc2nc(NC(=O)[C@H]3Cc4ccccc4O3)nn2c1. The highest BCUT2D eigenvalue weighted by Crippen LogP contribution is 2.31. The molecule has 1 aliphatic heterocycles. The van der Waals surface area contributed by atoms with Crippen LogP contribution in [0.15, 0.2) is 60.8 Å². The van der Waals surface area contributed by atoms with E-state index in [9.17, 15) is 9.18 Å². The maximum atomic E-state index is 13.8. The van der Waals surface area contributed by atoms with Crippen molar-refractivity contribution in [3.63, 3.8) is 0 Å². The third-order valence-corrected chi connectivity index (χ3v) is 5.06. The predicted molar refractivity (Wildman–Crippen MR) is 113 cm³/mol. The van der Waals surface area contributed by atoms with E-state index in [1.54, 1.807) is 18.3 Å². The van der Waals surface area contributed by atoms with E-state index in [2.05, 4.69) is 15.4 Å². The van der Waals surface area contributed by atoms with Crippen LogP contribution in [0.1, 0.15) is 12.5 Å². The van der Waals surface area contributed by atoms with Crippen LogP contribution in [0, 0.1) is 5.82 Å². The Morgan fingerprint density at radius 2 is 2.13 bits per heavy atom. The monoisotopic (exact) mass is 418 g/mol. The number of halogens is 1. The highest BCUT2D eigenvalue weighted by atomic mass is 19.1. The molecule has 8 heteroatoms. The normalized spacial score (nSPS) is 14.8. The lowest BCUT2D eigenvalue weighted by Crippen LogP contribution is -2.31. The summed E-state index contributed by atoms with van der Waals surface area (Å²) >= 11 is 0. The van der Waals surface area contributed by atoms with E-state index in [1.165, 1.54) is 16.6 Å². The molecule has 0 unspecified atom stereocenters. The van der Waals surface area contributed by atoms with Crippen LogP contribution in [-0.2, 0) is 11.2 Å². The first kappa shape index (κ1) is 19.0. The molecular formula is C23H19FN4O3. The summed E-state index contributed by atoms with van der Waals surface area (Å²) in [5.41, 5.74) is 2.87. The Kier molecular flexibility index (Phi) is 4.74. The number of para-hydroxylation sites is 1. The Morgan fingerprint density at radius 3 is 2.97 bits per heavy atom. The van der Waals surface area contributed by atoms with Crippen LogP contribution < -0.4 is 14.8 Å². The standard InChI is InChI=1S/C23H19FN4O3/c1-2-30-19-9-8-16(24)12-17(19)15-7-10-21-25-23(27-28(21)13-15)26-22(29)20-11-14-5-3-4-6-18(14)31-20/h3-10,12-13,20H,2,11H2,1H3,(H,26,27,29)/t20-/m1/s1. The Balaban J connectivity index is 1.38. The fourth-order valence-electron chi connectivity index (χ4n) is 3.62. The minimum absolute atomic E-state index is 0.172. The number of carbonyl (C=O) groups excluding carboxylic acids is 1. The number of fused-ring (bicyclic) bond motifs is 2. The number of nitrogens with one attached hydrogen (secondary N) is 1. The van der Waals surface area contributed by atoms with Gasteiger partial charge in [0.2, 0.25) is 5.95 Å². The predicted octanol–water partition coefficient (Wildman–Crippen LogP) is 3.88. The van der Waals surface area contributed by atoms with Gasteiger partial charge in [-0.05, 0) is 48.9 Å². The van der Waals surface area contributed by atoms with Gasteiger partial charge in [0.15, 0.2) is 11.8 Å². The second kappa shape index (κ2) is 7.71. The number of pyridine rings is 1. The van der Waals surface area contributed by atoms with Gasteiger partial charge in [-0.15, -0.1) is 5.10 Å². The molecule has 0 spiro atoms. The number of anilines is 1. The number of nitrogens with zero attached hydrogens (tertiary/aromatic N) is 3. The Morgan fingerprint density at radius 1 is 1.26 bits per heavy atom. The van der Waals surface area contributed by atoms with Crippen LogP contribution >= 0.6 is 0 Å². The van der Waals surface area contributed by atoms with Gasteiger partial charge in [-0.25, -0.2) is 8.91 Å². The minimum atomic E-state index is -0.624. The van der Waals surface area contributed by atoms with Crippen molar-refractivity contribution in [1.82, 2.24) is 14.6 Å². The van der Waals surface area contributed by atoms with E-state index >= 15 is 0 Å². The van der Waals surface area contributed by atoms with Crippen molar-refractivity contribution in [2.75, 3.05) is 11.9 Å². The molecule has 156 valence electrons. The number of rotatable bonds is 5. The molecule has 31 heavy (non-hydrogen) atoms. The van der Waals surface area contributed by atoms with Crippen LogP contribution in [0.25, 0.3) is 16.8 Å². The minimum Gasteiger partial charge on any atom is -0.493 e. The molecule has 0 radical (unpaired) electrons. The van der Waals surface area contributed by atoms with Gasteiger partial charge in [-0.1, -0.05) is 18.2 Å². The number of amides is 1. The first-order chi connectivity index (χ1) is 15.1. The summed E-state index contributed by atoms with van der Waals surface area (Å²) in [4.78, 5) is 17.0. The molecule has 4 aromatic rings. The van der Waals surface area contributed by atoms with Crippen LogP contribution in [0.4, 0.5) is 10.3 Å². The lowest BCUT2D eigenvalue weighted by molar-refractivity contribution is -0.122. The fourth-order valence-corrected chi connectivity index (χ4v) is 3.62. The van der Waals surface area contributed by atoms with Gasteiger partial charge in [0.1, 0.15) is 17.3 Å². The molecule has 0 saturated carbocycles. The summed E-state index contributed by atoms with van der Waals surface area (Å²) in [6, 6.07) is 15.5. The molecule has 2 aromatic heterocycles. The molecule has 1 aliphatic rings. The average Bonchev–Trinajstić information content (AvgIpc) is 3.38. The van der Waals surface area contributed by atoms with E-state index in [0.29, 0.717) is 35.6 Å². The van der Waals surface area contributed by atoms with Gasteiger partial charge in [0, 0.05) is 23.7 Å². The van der Waals surface area contributed by atoms with Crippen molar-refractivity contribution in [2.24, 2.45) is 0 Å². The molecule has 1 N–H and O–H groups in total. The first-order valence-corrected chi connectivity index (χ1v) is 9.95. The maximum absolute atomic E-state index is 13.8. The zero-order chi connectivity index (χ0) is 21.4. The van der Waals surface area contributed by atoms with Gasteiger partial charge in [-0.3, -0.25) is 10.1 Å². The van der Waals surface area contributed by atoms with E-state index in [4.69, 9.17) is 9.47 Å². The van der Waals surface area contributed by atoms with E-state index < -0.39 is 6.10 Å². The Bertz CT molecular complexity index is 1260. The third kappa shape index (κ3) is 3.68.